The summed E-state index contributed by atoms with van der Waals surface area (Å²) >= 11 is 6.15. The number of rotatable bonds is 3. The van der Waals surface area contributed by atoms with E-state index in [9.17, 15) is 4.39 Å². The van der Waals surface area contributed by atoms with Gasteiger partial charge in [-0.1, -0.05) is 20.8 Å². The summed E-state index contributed by atoms with van der Waals surface area (Å²) in [4.78, 5) is 7.55. The molecule has 0 saturated heterocycles. The summed E-state index contributed by atoms with van der Waals surface area (Å²) in [6, 6.07) is 0. The molecule has 1 unspecified atom stereocenters. The van der Waals surface area contributed by atoms with Gasteiger partial charge in [-0.2, -0.15) is 0 Å². The highest BCUT2D eigenvalue weighted by Gasteiger charge is 2.21. The number of aromatic nitrogens is 2. The van der Waals surface area contributed by atoms with E-state index in [4.69, 9.17) is 11.6 Å². The van der Waals surface area contributed by atoms with Gasteiger partial charge in [0.1, 0.15) is 0 Å². The number of alkyl halides is 1. The van der Waals surface area contributed by atoms with Crippen LogP contribution in [-0.4, -0.2) is 21.9 Å². The van der Waals surface area contributed by atoms with E-state index in [1.807, 2.05) is 0 Å². The molecule has 0 aliphatic rings. The Bertz CT molecular complexity index is 307. The molecule has 1 N–H and O–H groups in total. The second-order valence-electron chi connectivity index (χ2n) is 4.44. The van der Waals surface area contributed by atoms with E-state index in [-0.39, 0.29) is 10.8 Å². The van der Waals surface area contributed by atoms with E-state index in [0.717, 1.165) is 12.4 Å². The Morgan fingerprint density at radius 3 is 2.40 bits per heavy atom. The zero-order chi connectivity index (χ0) is 11.5. The molecule has 1 aromatic heterocycles. The fourth-order valence-electron chi connectivity index (χ4n) is 0.891. The number of halogens is 2. The van der Waals surface area contributed by atoms with Crippen molar-refractivity contribution in [1.29, 1.82) is 0 Å². The monoisotopic (exact) mass is 231 g/mol. The van der Waals surface area contributed by atoms with Crippen LogP contribution in [0.25, 0.3) is 0 Å². The third-order valence-electron chi connectivity index (χ3n) is 2.00. The minimum atomic E-state index is -0.446. The van der Waals surface area contributed by atoms with E-state index in [1.165, 1.54) is 0 Å². The van der Waals surface area contributed by atoms with Gasteiger partial charge < -0.3 is 5.32 Å². The molecule has 0 radical (unpaired) electrons. The van der Waals surface area contributed by atoms with Gasteiger partial charge in [0, 0.05) is 6.54 Å². The van der Waals surface area contributed by atoms with Gasteiger partial charge in [-0.05, 0) is 5.41 Å². The molecule has 0 fully saturated rings. The van der Waals surface area contributed by atoms with Gasteiger partial charge >= 0.3 is 0 Å². The quantitative estimate of drug-likeness (QED) is 0.813. The van der Waals surface area contributed by atoms with Crippen molar-refractivity contribution in [3.8, 4) is 0 Å². The molecule has 0 aliphatic carbocycles. The lowest BCUT2D eigenvalue weighted by Gasteiger charge is -2.25. The van der Waals surface area contributed by atoms with Gasteiger partial charge in [0.15, 0.2) is 5.82 Å². The average Bonchev–Trinajstić information content (AvgIpc) is 2.15. The molecule has 84 valence electrons. The van der Waals surface area contributed by atoms with Crippen LogP contribution < -0.4 is 5.32 Å². The third kappa shape index (κ3) is 4.00. The highest BCUT2D eigenvalue weighted by atomic mass is 35.5. The van der Waals surface area contributed by atoms with Crippen molar-refractivity contribution in [3.05, 3.63) is 18.2 Å². The average molecular weight is 232 g/mol. The van der Waals surface area contributed by atoms with E-state index in [0.29, 0.717) is 12.5 Å². The van der Waals surface area contributed by atoms with Crippen molar-refractivity contribution in [2.75, 3.05) is 11.9 Å². The van der Waals surface area contributed by atoms with Crippen LogP contribution in [-0.2, 0) is 0 Å². The molecule has 0 spiro atoms. The van der Waals surface area contributed by atoms with E-state index >= 15 is 0 Å². The number of hydrogen-bond donors (Lipinski definition) is 1. The van der Waals surface area contributed by atoms with Crippen LogP contribution in [0.5, 0.6) is 0 Å². The number of anilines is 1. The van der Waals surface area contributed by atoms with Gasteiger partial charge in [-0.25, -0.2) is 14.4 Å². The summed E-state index contributed by atoms with van der Waals surface area (Å²) in [5.41, 5.74) is 0.00852. The molecule has 1 rings (SSSR count). The molecule has 0 amide bonds. The van der Waals surface area contributed by atoms with Crippen molar-refractivity contribution in [3.63, 3.8) is 0 Å². The standard InChI is InChI=1S/C10H15ClFN3/c1-10(2,3)8(11)6-15-9-13-4-7(12)5-14-9/h4-5,8H,6H2,1-3H3,(H,13,14,15). The first kappa shape index (κ1) is 12.2. The number of hydrogen-bond acceptors (Lipinski definition) is 3. The lowest BCUT2D eigenvalue weighted by atomic mass is 9.92. The Balaban J connectivity index is 2.47. The van der Waals surface area contributed by atoms with Gasteiger partial charge in [0.25, 0.3) is 0 Å². The van der Waals surface area contributed by atoms with Gasteiger partial charge in [-0.15, -0.1) is 11.6 Å². The Kier molecular flexibility index (Phi) is 3.85. The zero-order valence-electron chi connectivity index (χ0n) is 9.09. The Morgan fingerprint density at radius 2 is 1.93 bits per heavy atom. The molecule has 0 bridgehead atoms. The predicted molar refractivity (Wildman–Crippen MR) is 59.6 cm³/mol. The first-order valence-corrected chi connectivity index (χ1v) is 5.19. The molecule has 0 aromatic carbocycles. The summed E-state index contributed by atoms with van der Waals surface area (Å²) in [6.07, 6.45) is 2.24. The van der Waals surface area contributed by atoms with Crippen molar-refractivity contribution in [2.45, 2.75) is 26.1 Å². The smallest absolute Gasteiger partial charge is 0.222 e. The van der Waals surface area contributed by atoms with Gasteiger partial charge in [0.05, 0.1) is 17.8 Å². The van der Waals surface area contributed by atoms with Gasteiger partial charge in [-0.3, -0.25) is 0 Å². The van der Waals surface area contributed by atoms with E-state index < -0.39 is 5.82 Å². The van der Waals surface area contributed by atoms with Crippen molar-refractivity contribution in [1.82, 2.24) is 9.97 Å². The molecule has 0 aliphatic heterocycles. The predicted octanol–water partition coefficient (Wildman–Crippen LogP) is 2.68. The first-order valence-electron chi connectivity index (χ1n) is 4.75. The number of nitrogens with one attached hydrogen (secondary N) is 1. The maximum absolute atomic E-state index is 12.5. The lowest BCUT2D eigenvalue weighted by molar-refractivity contribution is 0.397. The Morgan fingerprint density at radius 1 is 1.40 bits per heavy atom. The molecular formula is C10H15ClFN3. The summed E-state index contributed by atoms with van der Waals surface area (Å²) in [5.74, 6) is -0.0508. The van der Waals surface area contributed by atoms with Crippen LogP contribution in [0, 0.1) is 11.2 Å². The second-order valence-corrected chi connectivity index (χ2v) is 4.97. The zero-order valence-corrected chi connectivity index (χ0v) is 9.85. The molecule has 5 heteroatoms. The van der Waals surface area contributed by atoms with Crippen molar-refractivity contribution in [2.24, 2.45) is 5.41 Å². The summed E-state index contributed by atoms with van der Waals surface area (Å²) in [6.45, 7) is 6.71. The van der Waals surface area contributed by atoms with Crippen LogP contribution in [0.1, 0.15) is 20.8 Å². The second kappa shape index (κ2) is 4.75. The molecule has 1 heterocycles. The van der Waals surface area contributed by atoms with Crippen LogP contribution in [0.15, 0.2) is 12.4 Å². The molecule has 15 heavy (non-hydrogen) atoms. The van der Waals surface area contributed by atoms with Crippen molar-refractivity contribution < 1.29 is 4.39 Å². The van der Waals surface area contributed by atoms with Crippen LogP contribution in [0.3, 0.4) is 0 Å². The first-order chi connectivity index (χ1) is 6.89. The van der Waals surface area contributed by atoms with Crippen LogP contribution in [0.4, 0.5) is 10.3 Å². The SMILES string of the molecule is CC(C)(C)C(Cl)CNc1ncc(F)cn1. The Labute approximate surface area is 94.1 Å². The molecule has 1 aromatic rings. The highest BCUT2D eigenvalue weighted by molar-refractivity contribution is 6.21. The van der Waals surface area contributed by atoms with E-state index in [1.54, 1.807) is 0 Å². The summed E-state index contributed by atoms with van der Waals surface area (Å²) < 4.78 is 12.5. The molecule has 0 saturated carbocycles. The fourth-order valence-corrected chi connectivity index (χ4v) is 0.968. The minimum absolute atomic E-state index is 0.00852. The fraction of sp³-hybridized carbons (Fsp3) is 0.600. The van der Waals surface area contributed by atoms with E-state index in [2.05, 4.69) is 36.1 Å². The summed E-state index contributed by atoms with van der Waals surface area (Å²) in [7, 11) is 0. The van der Waals surface area contributed by atoms with Gasteiger partial charge in [0.2, 0.25) is 5.95 Å². The number of nitrogens with zero attached hydrogens (tertiary/aromatic N) is 2. The highest BCUT2D eigenvalue weighted by Crippen LogP contribution is 2.24. The minimum Gasteiger partial charge on any atom is -0.353 e. The largest absolute Gasteiger partial charge is 0.353 e. The molecule has 1 atom stereocenters. The molecular weight excluding hydrogens is 217 g/mol. The van der Waals surface area contributed by atoms with Crippen molar-refractivity contribution >= 4 is 17.5 Å². The summed E-state index contributed by atoms with van der Waals surface area (Å²) in [5, 5.41) is 2.92. The maximum Gasteiger partial charge on any atom is 0.222 e. The lowest BCUT2D eigenvalue weighted by Crippen LogP contribution is -2.28. The third-order valence-corrected chi connectivity index (χ3v) is 2.81. The molecule has 3 nitrogen and oxygen atoms in total. The topological polar surface area (TPSA) is 37.8 Å². The van der Waals surface area contributed by atoms with Crippen LogP contribution >= 0.6 is 11.6 Å². The van der Waals surface area contributed by atoms with Crippen LogP contribution in [0.2, 0.25) is 0 Å². The Hall–Kier alpha value is -0.900. The maximum atomic E-state index is 12.5. The normalized spacial score (nSPS) is 13.7.